The third-order valence-corrected chi connectivity index (χ3v) is 2.54. The van der Waals surface area contributed by atoms with Gasteiger partial charge in [0.15, 0.2) is 0 Å². The molecule has 2 nitrogen and oxygen atoms in total. The van der Waals surface area contributed by atoms with E-state index in [2.05, 4.69) is 24.3 Å². The highest BCUT2D eigenvalue weighted by atomic mass is 16.3. The highest BCUT2D eigenvalue weighted by Crippen LogP contribution is 2.10. The van der Waals surface area contributed by atoms with Crippen LogP contribution in [0.15, 0.2) is 24.3 Å². The summed E-state index contributed by atoms with van der Waals surface area (Å²) in [6, 6.07) is 0. The van der Waals surface area contributed by atoms with E-state index in [9.17, 15) is 10.2 Å². The molecule has 0 spiro atoms. The zero-order valence-electron chi connectivity index (χ0n) is 8.60. The Morgan fingerprint density at radius 1 is 0.643 bits per heavy atom. The second-order valence-corrected chi connectivity index (χ2v) is 3.81. The lowest BCUT2D eigenvalue weighted by Crippen LogP contribution is -2.25. The number of hydrogen-bond acceptors (Lipinski definition) is 2. The molecule has 0 aromatic heterocycles. The van der Waals surface area contributed by atoms with Gasteiger partial charge < -0.3 is 10.2 Å². The average molecular weight is 196 g/mol. The van der Waals surface area contributed by atoms with Gasteiger partial charge in [0.05, 0.1) is 12.2 Å². The summed E-state index contributed by atoms with van der Waals surface area (Å²) >= 11 is 0. The summed E-state index contributed by atoms with van der Waals surface area (Å²) in [4.78, 5) is 0. The molecule has 80 valence electrons. The van der Waals surface area contributed by atoms with Crippen molar-refractivity contribution in [2.24, 2.45) is 0 Å². The molecule has 2 atom stereocenters. The molecular formula is C12H20O2. The van der Waals surface area contributed by atoms with Gasteiger partial charge in [-0.15, -0.1) is 0 Å². The Morgan fingerprint density at radius 2 is 1.00 bits per heavy atom. The number of hydrogen-bond donors (Lipinski definition) is 2. The van der Waals surface area contributed by atoms with Crippen LogP contribution in [0.3, 0.4) is 0 Å². The van der Waals surface area contributed by atoms with E-state index >= 15 is 0 Å². The first-order valence-corrected chi connectivity index (χ1v) is 5.47. The van der Waals surface area contributed by atoms with Crippen molar-refractivity contribution in [1.29, 1.82) is 0 Å². The Hall–Kier alpha value is -0.600. The fraction of sp³-hybridized carbons (Fsp3) is 0.667. The molecule has 2 heteroatoms. The Labute approximate surface area is 86.0 Å². The SMILES string of the molecule is O[C@@H]1CC/C=C/CC/C=C/CC[C@H]1O. The van der Waals surface area contributed by atoms with Crippen molar-refractivity contribution in [3.05, 3.63) is 24.3 Å². The Balaban J connectivity index is 2.41. The highest BCUT2D eigenvalue weighted by molar-refractivity contribution is 4.90. The molecule has 0 aromatic carbocycles. The van der Waals surface area contributed by atoms with E-state index in [0.29, 0.717) is 12.8 Å². The van der Waals surface area contributed by atoms with Gasteiger partial charge in [-0.25, -0.2) is 0 Å². The molecule has 2 N–H and O–H groups in total. The molecule has 0 heterocycles. The van der Waals surface area contributed by atoms with Crippen LogP contribution in [-0.4, -0.2) is 22.4 Å². The van der Waals surface area contributed by atoms with E-state index in [0.717, 1.165) is 25.7 Å². The van der Waals surface area contributed by atoms with Crippen molar-refractivity contribution >= 4 is 0 Å². The minimum Gasteiger partial charge on any atom is -0.390 e. The molecule has 0 unspecified atom stereocenters. The van der Waals surface area contributed by atoms with Crippen molar-refractivity contribution in [2.75, 3.05) is 0 Å². The van der Waals surface area contributed by atoms with Crippen molar-refractivity contribution in [1.82, 2.24) is 0 Å². The number of allylic oxidation sites excluding steroid dienone is 4. The van der Waals surface area contributed by atoms with E-state index < -0.39 is 12.2 Å². The smallest absolute Gasteiger partial charge is 0.0802 e. The number of aliphatic hydroxyl groups is 2. The molecule has 0 fully saturated rings. The molecule has 0 aromatic rings. The van der Waals surface area contributed by atoms with Crippen LogP contribution in [0.25, 0.3) is 0 Å². The molecule has 1 aliphatic rings. The summed E-state index contributed by atoms with van der Waals surface area (Å²) in [5.41, 5.74) is 0. The zero-order valence-corrected chi connectivity index (χ0v) is 8.60. The van der Waals surface area contributed by atoms with Gasteiger partial charge in [-0.2, -0.15) is 0 Å². The fourth-order valence-corrected chi connectivity index (χ4v) is 1.58. The topological polar surface area (TPSA) is 40.5 Å². The second-order valence-electron chi connectivity index (χ2n) is 3.81. The minimum absolute atomic E-state index is 0.563. The predicted molar refractivity (Wildman–Crippen MR) is 58.0 cm³/mol. The maximum Gasteiger partial charge on any atom is 0.0802 e. The summed E-state index contributed by atoms with van der Waals surface area (Å²) in [6.45, 7) is 0. The minimum atomic E-state index is -0.563. The van der Waals surface area contributed by atoms with Gasteiger partial charge in [-0.05, 0) is 38.5 Å². The lowest BCUT2D eigenvalue weighted by Gasteiger charge is -2.16. The molecule has 0 saturated carbocycles. The maximum absolute atomic E-state index is 9.55. The van der Waals surface area contributed by atoms with Crippen LogP contribution in [0.4, 0.5) is 0 Å². The van der Waals surface area contributed by atoms with Crippen LogP contribution in [0.2, 0.25) is 0 Å². The van der Waals surface area contributed by atoms with E-state index in [1.165, 1.54) is 0 Å². The Morgan fingerprint density at radius 3 is 1.43 bits per heavy atom. The fourth-order valence-electron chi connectivity index (χ4n) is 1.58. The molecule has 1 aliphatic carbocycles. The van der Waals surface area contributed by atoms with Crippen LogP contribution in [0, 0.1) is 0 Å². The molecule has 0 bridgehead atoms. The van der Waals surface area contributed by atoms with Gasteiger partial charge in [0.2, 0.25) is 0 Å². The van der Waals surface area contributed by atoms with Gasteiger partial charge in [-0.1, -0.05) is 24.3 Å². The summed E-state index contributed by atoms with van der Waals surface area (Å²) < 4.78 is 0. The zero-order chi connectivity index (χ0) is 10.2. The first-order chi connectivity index (χ1) is 6.80. The predicted octanol–water partition coefficient (Wildman–Crippen LogP) is 2.17. The van der Waals surface area contributed by atoms with Gasteiger partial charge in [0, 0.05) is 0 Å². The number of rotatable bonds is 0. The van der Waals surface area contributed by atoms with Crippen LogP contribution < -0.4 is 0 Å². The average Bonchev–Trinajstić information content (AvgIpc) is 2.18. The lowest BCUT2D eigenvalue weighted by molar-refractivity contribution is 0.0111. The van der Waals surface area contributed by atoms with Gasteiger partial charge in [0.25, 0.3) is 0 Å². The third kappa shape index (κ3) is 4.58. The maximum atomic E-state index is 9.55. The van der Waals surface area contributed by atoms with Crippen LogP contribution in [0.1, 0.15) is 38.5 Å². The van der Waals surface area contributed by atoms with E-state index in [1.807, 2.05) is 0 Å². The molecule has 1 rings (SSSR count). The number of aliphatic hydroxyl groups excluding tert-OH is 2. The Kier molecular flexibility index (Phi) is 5.57. The van der Waals surface area contributed by atoms with Crippen molar-refractivity contribution in [3.63, 3.8) is 0 Å². The van der Waals surface area contributed by atoms with Gasteiger partial charge in [0.1, 0.15) is 0 Å². The molecule has 0 radical (unpaired) electrons. The highest BCUT2D eigenvalue weighted by Gasteiger charge is 2.14. The molecule has 0 aliphatic heterocycles. The summed E-state index contributed by atoms with van der Waals surface area (Å²) in [6.07, 6.45) is 12.6. The monoisotopic (exact) mass is 196 g/mol. The van der Waals surface area contributed by atoms with Crippen LogP contribution in [0.5, 0.6) is 0 Å². The summed E-state index contributed by atoms with van der Waals surface area (Å²) in [5, 5.41) is 19.1. The molecule has 0 saturated heterocycles. The summed E-state index contributed by atoms with van der Waals surface area (Å²) in [5.74, 6) is 0. The third-order valence-electron chi connectivity index (χ3n) is 2.54. The first kappa shape index (κ1) is 11.5. The largest absolute Gasteiger partial charge is 0.390 e. The van der Waals surface area contributed by atoms with Crippen LogP contribution >= 0.6 is 0 Å². The van der Waals surface area contributed by atoms with Crippen molar-refractivity contribution < 1.29 is 10.2 Å². The quantitative estimate of drug-likeness (QED) is 0.583. The second kappa shape index (κ2) is 6.80. The molecular weight excluding hydrogens is 176 g/mol. The lowest BCUT2D eigenvalue weighted by atomic mass is 10.0. The van der Waals surface area contributed by atoms with Crippen molar-refractivity contribution in [3.8, 4) is 0 Å². The molecule has 0 amide bonds. The molecule has 14 heavy (non-hydrogen) atoms. The standard InChI is InChI=1S/C12H20O2/c13-11-9-7-5-3-1-2-4-6-8-10-12(11)14/h3-6,11-14H,1-2,7-10H2/b5-3+,6-4+/t11-,12-/m1/s1. The van der Waals surface area contributed by atoms with E-state index in [1.54, 1.807) is 0 Å². The van der Waals surface area contributed by atoms with E-state index in [4.69, 9.17) is 0 Å². The van der Waals surface area contributed by atoms with Crippen LogP contribution in [-0.2, 0) is 0 Å². The summed E-state index contributed by atoms with van der Waals surface area (Å²) in [7, 11) is 0. The van der Waals surface area contributed by atoms with E-state index in [-0.39, 0.29) is 0 Å². The van der Waals surface area contributed by atoms with Gasteiger partial charge >= 0.3 is 0 Å². The van der Waals surface area contributed by atoms with Gasteiger partial charge in [-0.3, -0.25) is 0 Å². The Bertz CT molecular complexity index is 174. The van der Waals surface area contributed by atoms with Crippen molar-refractivity contribution in [2.45, 2.75) is 50.7 Å². The first-order valence-electron chi connectivity index (χ1n) is 5.47. The normalized spacial score (nSPS) is 35.3.